The molecular weight excluding hydrogens is 188 g/mol. The van der Waals surface area contributed by atoms with Crippen LogP contribution in [-0.4, -0.2) is 11.0 Å². The Hall–Kier alpha value is 0.448. The number of hydrogen-bond donors (Lipinski definition) is 2. The Kier molecular flexibility index (Phi) is 7030. The molecule has 0 unspecified atom stereocenters. The van der Waals surface area contributed by atoms with Gasteiger partial charge >= 0.3 is 21.1 Å². The van der Waals surface area contributed by atoms with Crippen molar-refractivity contribution in [2.45, 2.75) is 0 Å². The monoisotopic (exact) mass is 200 g/mol. The molecule has 0 heterocycles. The summed E-state index contributed by atoms with van der Waals surface area (Å²) < 4.78 is 0. The fourth-order valence-corrected chi connectivity index (χ4v) is 0. The van der Waals surface area contributed by atoms with E-state index in [0.29, 0.717) is 0 Å². The molecular formula is H10MoN2O4+4. The maximum Gasteiger partial charge on any atom is 2.00 e. The van der Waals surface area contributed by atoms with Crippen molar-refractivity contribution in [3.8, 4) is 0 Å². The van der Waals surface area contributed by atoms with Gasteiger partial charge in [-0.25, -0.2) is 0 Å². The molecule has 0 aliphatic carbocycles. The molecule has 0 amide bonds. The number of hydrogen-bond acceptors (Lipinski definition) is 0. The molecule has 0 aromatic carbocycles. The summed E-state index contributed by atoms with van der Waals surface area (Å²) in [7, 11) is 0. The molecule has 0 aliphatic rings. The molecule has 0 aromatic rings. The first-order valence-electron chi connectivity index (χ1n) is 0.577. The van der Waals surface area contributed by atoms with Gasteiger partial charge in [0.05, 0.1) is 0 Å². The number of rotatable bonds is 0. The first kappa shape index (κ1) is 51.7. The van der Waals surface area contributed by atoms with E-state index in [1.54, 1.807) is 0 Å². The van der Waals surface area contributed by atoms with Crippen molar-refractivity contribution in [1.29, 1.82) is 0 Å². The minimum absolute atomic E-state index is 0. The molecule has 0 saturated carbocycles. The normalized spacial score (nSPS) is 1.71. The van der Waals surface area contributed by atoms with Gasteiger partial charge in [0.1, 0.15) is 0 Å². The quantitative estimate of drug-likeness (QED) is 0.284. The van der Waals surface area contributed by atoms with E-state index in [1.165, 1.54) is 0 Å². The molecule has 0 bridgehead atoms. The van der Waals surface area contributed by atoms with Crippen LogP contribution in [0.25, 0.3) is 0 Å². The third-order valence-electron chi connectivity index (χ3n) is 0. The Morgan fingerprint density at radius 1 is 0.714 bits per heavy atom. The Bertz CT molecular complexity index is 9.65. The van der Waals surface area contributed by atoms with E-state index in [1.807, 2.05) is 11.8 Å². The van der Waals surface area contributed by atoms with E-state index in [0.717, 1.165) is 0 Å². The molecule has 0 atom stereocenters. The van der Waals surface area contributed by atoms with E-state index in [9.17, 15) is 0 Å². The SMILES string of the molecule is O.O.[Mo+2].[NH3+][O].[NH3+][O]. The Morgan fingerprint density at radius 2 is 0.714 bits per heavy atom. The van der Waals surface area contributed by atoms with Crippen LogP contribution < -0.4 is 11.8 Å². The predicted octanol–water partition coefficient (Wildman–Crippen LogP) is -4.50. The van der Waals surface area contributed by atoms with Gasteiger partial charge < -0.3 is 11.0 Å². The second kappa shape index (κ2) is 952. The first-order valence-corrected chi connectivity index (χ1v) is 0.577. The maximum atomic E-state index is 8.00. The topological polar surface area (TPSA) is 158 Å². The van der Waals surface area contributed by atoms with E-state index in [2.05, 4.69) is 0 Å². The van der Waals surface area contributed by atoms with Gasteiger partial charge in [-0.3, -0.25) is 0 Å². The largest absolute Gasteiger partial charge is 2.00 e. The van der Waals surface area contributed by atoms with Crippen molar-refractivity contribution in [3.05, 3.63) is 0 Å². The van der Waals surface area contributed by atoms with Gasteiger partial charge in [-0.1, -0.05) is 0 Å². The molecule has 7 heavy (non-hydrogen) atoms. The van der Waals surface area contributed by atoms with Crippen molar-refractivity contribution in [2.75, 3.05) is 0 Å². The van der Waals surface area contributed by atoms with Crippen LogP contribution in [0.1, 0.15) is 0 Å². The molecule has 6 nitrogen and oxygen atoms in total. The molecule has 0 fully saturated rings. The summed E-state index contributed by atoms with van der Waals surface area (Å²) in [6, 6.07) is 0. The van der Waals surface area contributed by atoms with Crippen molar-refractivity contribution in [2.24, 2.45) is 0 Å². The van der Waals surface area contributed by atoms with Crippen molar-refractivity contribution in [3.63, 3.8) is 0 Å². The fraction of sp³-hybridized carbons (Fsp3) is 0. The Labute approximate surface area is 54.9 Å². The van der Waals surface area contributed by atoms with Crippen LogP contribution in [-0.2, 0) is 31.5 Å². The zero-order valence-corrected chi connectivity index (χ0v) is 5.65. The summed E-state index contributed by atoms with van der Waals surface area (Å²) in [6.45, 7) is 0. The van der Waals surface area contributed by atoms with Crippen LogP contribution >= 0.6 is 0 Å². The van der Waals surface area contributed by atoms with Crippen molar-refractivity contribution >= 4 is 0 Å². The molecule has 7 heteroatoms. The smallest absolute Gasteiger partial charge is 0.412 e. The molecule has 0 saturated heterocycles. The van der Waals surface area contributed by atoms with Crippen LogP contribution in [0.3, 0.4) is 0 Å². The second-order valence-electron chi connectivity index (χ2n) is 0. The zero-order chi connectivity index (χ0) is 4.00. The molecule has 0 aliphatic heterocycles. The van der Waals surface area contributed by atoms with Crippen LogP contribution in [0.15, 0.2) is 0 Å². The Morgan fingerprint density at radius 3 is 0.714 bits per heavy atom. The predicted molar refractivity (Wildman–Crippen MR) is 14.4 cm³/mol. The Balaban J connectivity index is -0.00000000267. The van der Waals surface area contributed by atoms with Crippen molar-refractivity contribution < 1.29 is 54.2 Å². The third kappa shape index (κ3) is 635. The van der Waals surface area contributed by atoms with Crippen LogP contribution in [0.2, 0.25) is 0 Å². The zero-order valence-electron chi connectivity index (χ0n) is 3.64. The summed E-state index contributed by atoms with van der Waals surface area (Å²) in [5.74, 6) is 4.00. The summed E-state index contributed by atoms with van der Waals surface area (Å²) in [5, 5.41) is 16.0. The van der Waals surface area contributed by atoms with Gasteiger partial charge in [0.15, 0.2) is 0 Å². The van der Waals surface area contributed by atoms with E-state index in [-0.39, 0.29) is 32.0 Å². The summed E-state index contributed by atoms with van der Waals surface area (Å²) in [6.07, 6.45) is 0. The standard InChI is InChI=1S/Mo.2H3NO.2H2O/c;2*1-2;;/h;2*1H3;2*1H2/q+2;2*+1;;. The summed E-state index contributed by atoms with van der Waals surface area (Å²) in [5.41, 5.74) is 0. The fourth-order valence-electron chi connectivity index (χ4n) is 0. The van der Waals surface area contributed by atoms with E-state index < -0.39 is 0 Å². The van der Waals surface area contributed by atoms with Gasteiger partial charge in [0.2, 0.25) is 0 Å². The number of quaternary nitrogens is 2. The average Bonchev–Trinajstić information content (AvgIpc) is 1.50. The van der Waals surface area contributed by atoms with Crippen molar-refractivity contribution in [1.82, 2.24) is 0 Å². The van der Waals surface area contributed by atoms with Crippen LogP contribution in [0, 0.1) is 0 Å². The maximum absolute atomic E-state index is 8.00. The first-order chi connectivity index (χ1) is 2.00. The van der Waals surface area contributed by atoms with Gasteiger partial charge in [-0.15, -0.1) is 0 Å². The molecule has 0 rings (SSSR count). The summed E-state index contributed by atoms with van der Waals surface area (Å²) >= 11 is 0. The molecule has 46 valence electrons. The minimum Gasteiger partial charge on any atom is -0.412 e. The average molecular weight is 198 g/mol. The van der Waals surface area contributed by atoms with Crippen LogP contribution in [0.4, 0.5) is 0 Å². The van der Waals surface area contributed by atoms with Gasteiger partial charge in [-0.05, 0) is 0 Å². The van der Waals surface area contributed by atoms with Gasteiger partial charge in [0, 0.05) is 10.4 Å². The molecule has 2 radical (unpaired) electrons. The molecule has 0 aromatic heterocycles. The van der Waals surface area contributed by atoms with E-state index in [4.69, 9.17) is 10.4 Å². The van der Waals surface area contributed by atoms with E-state index >= 15 is 0 Å². The van der Waals surface area contributed by atoms with Gasteiger partial charge in [-0.2, -0.15) is 11.8 Å². The second-order valence-corrected chi connectivity index (χ2v) is 0. The minimum atomic E-state index is 0. The van der Waals surface area contributed by atoms with Gasteiger partial charge in [0.25, 0.3) is 0 Å². The third-order valence-corrected chi connectivity index (χ3v) is 0. The van der Waals surface area contributed by atoms with Crippen LogP contribution in [0.5, 0.6) is 0 Å². The molecule has 10 N–H and O–H groups in total. The summed E-state index contributed by atoms with van der Waals surface area (Å²) in [4.78, 5) is 0. The molecule has 0 spiro atoms.